The summed E-state index contributed by atoms with van der Waals surface area (Å²) in [4.78, 5) is 31.2. The number of likely N-dealkylation sites (tertiary alicyclic amines) is 1. The molecule has 1 aliphatic heterocycles. The Morgan fingerprint density at radius 2 is 1.93 bits per heavy atom. The monoisotopic (exact) mass is 398 g/mol. The first-order valence-corrected chi connectivity index (χ1v) is 9.98. The minimum atomic E-state index is -0.0197. The van der Waals surface area contributed by atoms with Gasteiger partial charge < -0.3 is 9.47 Å². The molecule has 0 spiro atoms. The minimum Gasteiger partial charge on any atom is -0.339 e. The van der Waals surface area contributed by atoms with Gasteiger partial charge in [0.1, 0.15) is 6.07 Å². The zero-order valence-corrected chi connectivity index (χ0v) is 16.8. The van der Waals surface area contributed by atoms with Crippen LogP contribution in [-0.4, -0.2) is 33.4 Å². The van der Waals surface area contributed by atoms with Crippen molar-refractivity contribution in [1.82, 2.24) is 14.5 Å². The summed E-state index contributed by atoms with van der Waals surface area (Å²) in [6.07, 6.45) is 5.11. The number of nitrogens with zero attached hydrogens (tertiary/aromatic N) is 4. The average Bonchev–Trinajstić information content (AvgIpc) is 2.80. The van der Waals surface area contributed by atoms with Crippen LogP contribution in [0.25, 0.3) is 11.3 Å². The third-order valence-corrected chi connectivity index (χ3v) is 5.69. The van der Waals surface area contributed by atoms with Crippen LogP contribution in [0.15, 0.2) is 65.7 Å². The Bertz CT molecular complexity index is 1180. The van der Waals surface area contributed by atoms with Crippen LogP contribution < -0.4 is 5.56 Å². The lowest BCUT2D eigenvalue weighted by atomic mass is 9.89. The van der Waals surface area contributed by atoms with Gasteiger partial charge in [-0.2, -0.15) is 5.26 Å². The first kappa shape index (κ1) is 19.6. The second kappa shape index (κ2) is 8.34. The number of aromatic nitrogens is 2. The van der Waals surface area contributed by atoms with Crippen molar-refractivity contribution >= 4 is 5.91 Å². The number of hydrogen-bond donors (Lipinski definition) is 0. The molecule has 4 rings (SSSR count). The maximum atomic E-state index is 13.1. The van der Waals surface area contributed by atoms with Crippen LogP contribution >= 0.6 is 0 Å². The smallest absolute Gasteiger partial charge is 0.253 e. The zero-order chi connectivity index (χ0) is 21.1. The van der Waals surface area contributed by atoms with E-state index in [1.165, 1.54) is 0 Å². The van der Waals surface area contributed by atoms with E-state index in [1.54, 1.807) is 54.3 Å². The second-order valence-electron chi connectivity index (χ2n) is 7.57. The van der Waals surface area contributed by atoms with Gasteiger partial charge >= 0.3 is 0 Å². The number of nitriles is 1. The molecule has 6 heteroatoms. The average molecular weight is 398 g/mol. The zero-order valence-electron chi connectivity index (χ0n) is 16.8. The summed E-state index contributed by atoms with van der Waals surface area (Å²) in [5.74, 6) is 0.273. The van der Waals surface area contributed by atoms with Crippen LogP contribution in [0.2, 0.25) is 0 Å². The minimum absolute atomic E-state index is 0.00548. The molecule has 30 heavy (non-hydrogen) atoms. The standard InChI is InChI=1S/C24H22N4O2/c1-27-11-7-18(15-22(27)29)17-8-12-28(13-9-17)24(30)20-5-2-4-19(14-20)23-21(16-25)6-3-10-26-23/h2-7,10-11,14-15,17H,8-9,12-13H2,1H3. The van der Waals surface area contributed by atoms with E-state index in [0.717, 1.165) is 24.0 Å². The van der Waals surface area contributed by atoms with E-state index in [9.17, 15) is 14.9 Å². The van der Waals surface area contributed by atoms with Crippen LogP contribution in [0.4, 0.5) is 0 Å². The van der Waals surface area contributed by atoms with Crippen LogP contribution in [0.5, 0.6) is 0 Å². The van der Waals surface area contributed by atoms with E-state index in [4.69, 9.17) is 0 Å². The van der Waals surface area contributed by atoms with Crippen molar-refractivity contribution in [3.05, 3.63) is 88.0 Å². The highest BCUT2D eigenvalue weighted by Crippen LogP contribution is 2.28. The molecule has 3 aromatic rings. The number of aryl methyl sites for hydroxylation is 1. The summed E-state index contributed by atoms with van der Waals surface area (Å²) in [5.41, 5.74) is 3.46. The number of hydrogen-bond acceptors (Lipinski definition) is 4. The molecule has 0 bridgehead atoms. The number of benzene rings is 1. The highest BCUT2D eigenvalue weighted by molar-refractivity contribution is 5.95. The predicted octanol–water partition coefficient (Wildman–Crippen LogP) is 3.34. The fourth-order valence-corrected chi connectivity index (χ4v) is 3.94. The Labute approximate surface area is 175 Å². The van der Waals surface area contributed by atoms with E-state index >= 15 is 0 Å². The number of carbonyl (C=O) groups is 1. The largest absolute Gasteiger partial charge is 0.339 e. The van der Waals surface area contributed by atoms with Gasteiger partial charge in [-0.3, -0.25) is 14.6 Å². The van der Waals surface area contributed by atoms with Crippen molar-refractivity contribution in [2.45, 2.75) is 18.8 Å². The van der Waals surface area contributed by atoms with Gasteiger partial charge in [-0.1, -0.05) is 12.1 Å². The maximum Gasteiger partial charge on any atom is 0.253 e. The molecule has 1 aliphatic rings. The highest BCUT2D eigenvalue weighted by Gasteiger charge is 2.25. The number of pyridine rings is 2. The number of carbonyl (C=O) groups excluding carboxylic acids is 1. The van der Waals surface area contributed by atoms with Crippen molar-refractivity contribution in [2.24, 2.45) is 7.05 Å². The summed E-state index contributed by atoms with van der Waals surface area (Å²) in [6, 6.07) is 16.6. The molecule has 1 saturated heterocycles. The van der Waals surface area contributed by atoms with Crippen LogP contribution in [0, 0.1) is 11.3 Å². The Morgan fingerprint density at radius 3 is 2.67 bits per heavy atom. The molecule has 1 fully saturated rings. The van der Waals surface area contributed by atoms with Gasteiger partial charge in [0, 0.05) is 49.7 Å². The first-order chi connectivity index (χ1) is 14.6. The van der Waals surface area contributed by atoms with Gasteiger partial charge in [-0.25, -0.2) is 0 Å². The van der Waals surface area contributed by atoms with Crippen molar-refractivity contribution in [2.75, 3.05) is 13.1 Å². The Balaban J connectivity index is 1.49. The van der Waals surface area contributed by atoms with Gasteiger partial charge in [0.15, 0.2) is 0 Å². The summed E-state index contributed by atoms with van der Waals surface area (Å²) in [5, 5.41) is 9.33. The van der Waals surface area contributed by atoms with Crippen molar-refractivity contribution in [3.63, 3.8) is 0 Å². The Kier molecular flexibility index (Phi) is 5.44. The van der Waals surface area contributed by atoms with Crippen molar-refractivity contribution in [1.29, 1.82) is 5.26 Å². The first-order valence-electron chi connectivity index (χ1n) is 9.98. The molecular formula is C24H22N4O2. The van der Waals surface area contributed by atoms with E-state index in [-0.39, 0.29) is 11.5 Å². The Hall–Kier alpha value is -3.72. The molecule has 0 unspecified atom stereocenters. The molecule has 0 radical (unpaired) electrons. The predicted molar refractivity (Wildman–Crippen MR) is 114 cm³/mol. The molecule has 150 valence electrons. The molecule has 0 aliphatic carbocycles. The summed E-state index contributed by atoms with van der Waals surface area (Å²) in [6.45, 7) is 1.30. The summed E-state index contributed by atoms with van der Waals surface area (Å²) < 4.78 is 1.56. The fourth-order valence-electron chi connectivity index (χ4n) is 3.94. The molecule has 0 saturated carbocycles. The molecule has 1 aromatic carbocycles. The SMILES string of the molecule is Cn1ccc(C2CCN(C(=O)c3cccc(-c4ncccc4C#N)c3)CC2)cc1=O. The summed E-state index contributed by atoms with van der Waals surface area (Å²) in [7, 11) is 1.74. The van der Waals surface area contributed by atoms with Crippen LogP contribution in [0.1, 0.15) is 40.2 Å². The second-order valence-corrected chi connectivity index (χ2v) is 7.57. The van der Waals surface area contributed by atoms with Gasteiger partial charge in [-0.05, 0) is 54.7 Å². The van der Waals surface area contributed by atoms with E-state index < -0.39 is 0 Å². The number of amides is 1. The van der Waals surface area contributed by atoms with Gasteiger partial charge in [0.25, 0.3) is 11.5 Å². The molecule has 2 aromatic heterocycles. The summed E-state index contributed by atoms with van der Waals surface area (Å²) >= 11 is 0. The van der Waals surface area contributed by atoms with Crippen molar-refractivity contribution in [3.8, 4) is 17.3 Å². The third kappa shape index (κ3) is 3.87. The van der Waals surface area contributed by atoms with Gasteiger partial charge in [0.05, 0.1) is 11.3 Å². The topological polar surface area (TPSA) is 79.0 Å². The maximum absolute atomic E-state index is 13.1. The lowest BCUT2D eigenvalue weighted by molar-refractivity contribution is 0.0713. The lowest BCUT2D eigenvalue weighted by Crippen LogP contribution is -2.38. The fraction of sp³-hybridized carbons (Fsp3) is 0.250. The molecular weight excluding hydrogens is 376 g/mol. The normalized spacial score (nSPS) is 14.3. The van der Waals surface area contributed by atoms with E-state index in [0.29, 0.717) is 35.8 Å². The molecule has 1 amide bonds. The van der Waals surface area contributed by atoms with Crippen LogP contribution in [0.3, 0.4) is 0 Å². The lowest BCUT2D eigenvalue weighted by Gasteiger charge is -2.32. The highest BCUT2D eigenvalue weighted by atomic mass is 16.2. The molecule has 3 heterocycles. The number of piperidine rings is 1. The number of rotatable bonds is 3. The van der Waals surface area contributed by atoms with Gasteiger partial charge in [-0.15, -0.1) is 0 Å². The molecule has 6 nitrogen and oxygen atoms in total. The molecule has 0 atom stereocenters. The quantitative estimate of drug-likeness (QED) is 0.678. The molecule has 0 N–H and O–H groups in total. The Morgan fingerprint density at radius 1 is 1.13 bits per heavy atom. The van der Waals surface area contributed by atoms with E-state index in [1.807, 2.05) is 23.1 Å². The third-order valence-electron chi connectivity index (χ3n) is 5.69. The van der Waals surface area contributed by atoms with E-state index in [2.05, 4.69) is 11.1 Å². The van der Waals surface area contributed by atoms with Crippen LogP contribution in [-0.2, 0) is 7.05 Å². The van der Waals surface area contributed by atoms with Gasteiger partial charge in [0.2, 0.25) is 0 Å². The van der Waals surface area contributed by atoms with Crippen molar-refractivity contribution < 1.29 is 4.79 Å².